The summed E-state index contributed by atoms with van der Waals surface area (Å²) in [7, 11) is 1.77. The zero-order chi connectivity index (χ0) is 18.2. The smallest absolute Gasteiger partial charge is 0.254 e. The van der Waals surface area contributed by atoms with Crippen LogP contribution in [0, 0.1) is 11.7 Å². The Bertz CT molecular complexity index is 608. The molecule has 1 heterocycles. The standard InChI is InChI=1S/C18H27FN4OS/c1-13(2)16-12-23(10-11-25-16)18(20-3)22-9-8-21-17(24)14-6-4-5-7-15(14)19/h4-7,13,16H,8-12H2,1-3H3,(H,20,22)(H,21,24). The lowest BCUT2D eigenvalue weighted by Gasteiger charge is -2.36. The number of hydrogen-bond donors (Lipinski definition) is 2. The van der Waals surface area contributed by atoms with Gasteiger partial charge in [0.15, 0.2) is 5.96 Å². The topological polar surface area (TPSA) is 56.7 Å². The van der Waals surface area contributed by atoms with E-state index in [2.05, 4.69) is 34.4 Å². The third kappa shape index (κ3) is 5.63. The van der Waals surface area contributed by atoms with Gasteiger partial charge >= 0.3 is 0 Å². The first-order valence-corrected chi connectivity index (χ1v) is 9.67. The van der Waals surface area contributed by atoms with Crippen molar-refractivity contribution in [3.63, 3.8) is 0 Å². The molecule has 1 atom stereocenters. The minimum atomic E-state index is -0.505. The number of nitrogens with one attached hydrogen (secondary N) is 2. The molecule has 1 aliphatic rings. The number of benzene rings is 1. The summed E-state index contributed by atoms with van der Waals surface area (Å²) < 4.78 is 13.6. The molecule has 1 aliphatic heterocycles. The van der Waals surface area contributed by atoms with E-state index in [1.807, 2.05) is 11.8 Å². The van der Waals surface area contributed by atoms with E-state index in [-0.39, 0.29) is 5.56 Å². The number of hydrogen-bond acceptors (Lipinski definition) is 3. The maximum Gasteiger partial charge on any atom is 0.254 e. The molecule has 1 saturated heterocycles. The Morgan fingerprint density at radius 3 is 2.76 bits per heavy atom. The number of carbonyl (C=O) groups excluding carboxylic acids is 1. The summed E-state index contributed by atoms with van der Waals surface area (Å²) >= 11 is 2.02. The van der Waals surface area contributed by atoms with Gasteiger partial charge in [-0.05, 0) is 18.1 Å². The quantitative estimate of drug-likeness (QED) is 0.477. The molecule has 25 heavy (non-hydrogen) atoms. The maximum absolute atomic E-state index is 13.6. The number of guanidine groups is 1. The van der Waals surface area contributed by atoms with Crippen molar-refractivity contribution in [3.8, 4) is 0 Å². The zero-order valence-electron chi connectivity index (χ0n) is 15.1. The van der Waals surface area contributed by atoms with Crippen molar-refractivity contribution in [2.45, 2.75) is 19.1 Å². The minimum Gasteiger partial charge on any atom is -0.354 e. The number of halogens is 1. The second-order valence-corrected chi connectivity index (χ2v) is 7.66. The normalized spacial score (nSPS) is 18.4. The largest absolute Gasteiger partial charge is 0.354 e. The van der Waals surface area contributed by atoms with Crippen molar-refractivity contribution in [3.05, 3.63) is 35.6 Å². The SMILES string of the molecule is CN=C(NCCNC(=O)c1ccccc1F)N1CCSC(C(C)C)C1. The summed E-state index contributed by atoms with van der Waals surface area (Å²) in [5.41, 5.74) is 0.0692. The van der Waals surface area contributed by atoms with Crippen molar-refractivity contribution in [1.82, 2.24) is 15.5 Å². The molecular weight excluding hydrogens is 339 g/mol. The van der Waals surface area contributed by atoms with E-state index in [0.29, 0.717) is 24.3 Å². The lowest BCUT2D eigenvalue weighted by atomic mass is 10.1. The Hall–Kier alpha value is -1.76. The van der Waals surface area contributed by atoms with E-state index >= 15 is 0 Å². The van der Waals surface area contributed by atoms with Gasteiger partial charge in [-0.15, -0.1) is 0 Å². The van der Waals surface area contributed by atoms with Crippen LogP contribution in [0.4, 0.5) is 4.39 Å². The molecule has 1 amide bonds. The van der Waals surface area contributed by atoms with Gasteiger partial charge in [0, 0.05) is 44.2 Å². The van der Waals surface area contributed by atoms with Crippen molar-refractivity contribution < 1.29 is 9.18 Å². The molecule has 1 aromatic carbocycles. The van der Waals surface area contributed by atoms with Gasteiger partial charge in [-0.2, -0.15) is 11.8 Å². The molecule has 138 valence electrons. The number of carbonyl (C=O) groups is 1. The fourth-order valence-corrected chi connectivity index (χ4v) is 3.99. The first-order valence-electron chi connectivity index (χ1n) is 8.63. The first kappa shape index (κ1) is 19.6. The lowest BCUT2D eigenvalue weighted by molar-refractivity contribution is 0.0950. The van der Waals surface area contributed by atoms with E-state index in [9.17, 15) is 9.18 Å². The highest BCUT2D eigenvalue weighted by atomic mass is 32.2. The van der Waals surface area contributed by atoms with E-state index in [0.717, 1.165) is 24.8 Å². The molecule has 0 bridgehead atoms. The van der Waals surface area contributed by atoms with Crippen molar-refractivity contribution in [2.75, 3.05) is 39.0 Å². The Balaban J connectivity index is 1.78. The average Bonchev–Trinajstić information content (AvgIpc) is 2.62. The Morgan fingerprint density at radius 2 is 2.08 bits per heavy atom. The minimum absolute atomic E-state index is 0.0692. The molecule has 1 unspecified atom stereocenters. The Labute approximate surface area is 153 Å². The monoisotopic (exact) mass is 366 g/mol. The van der Waals surface area contributed by atoms with Crippen LogP contribution in [0.1, 0.15) is 24.2 Å². The van der Waals surface area contributed by atoms with Gasteiger partial charge in [0.25, 0.3) is 5.91 Å². The molecule has 1 fully saturated rings. The van der Waals surface area contributed by atoms with Gasteiger partial charge in [0.1, 0.15) is 5.82 Å². The van der Waals surface area contributed by atoms with Crippen LogP contribution in [0.25, 0.3) is 0 Å². The Morgan fingerprint density at radius 1 is 1.36 bits per heavy atom. The lowest BCUT2D eigenvalue weighted by Crippen LogP contribution is -2.50. The third-order valence-corrected chi connectivity index (χ3v) is 5.70. The summed E-state index contributed by atoms with van der Waals surface area (Å²) in [5, 5.41) is 6.61. The van der Waals surface area contributed by atoms with E-state index in [1.54, 1.807) is 19.2 Å². The number of aliphatic imine (C=N–C) groups is 1. The summed E-state index contributed by atoms with van der Waals surface area (Å²) in [6, 6.07) is 5.99. The predicted octanol–water partition coefficient (Wildman–Crippen LogP) is 2.20. The van der Waals surface area contributed by atoms with E-state index in [4.69, 9.17) is 0 Å². The van der Waals surface area contributed by atoms with Crippen LogP contribution in [0.3, 0.4) is 0 Å². The fourth-order valence-electron chi connectivity index (χ4n) is 2.69. The summed E-state index contributed by atoms with van der Waals surface area (Å²) in [6.45, 7) is 7.38. The highest BCUT2D eigenvalue weighted by Gasteiger charge is 2.24. The Kier molecular flexibility index (Phi) is 7.55. The van der Waals surface area contributed by atoms with E-state index < -0.39 is 11.7 Å². The maximum atomic E-state index is 13.6. The number of rotatable bonds is 5. The van der Waals surface area contributed by atoms with E-state index in [1.165, 1.54) is 12.1 Å². The molecule has 0 aromatic heterocycles. The van der Waals surface area contributed by atoms with Crippen LogP contribution in [-0.2, 0) is 0 Å². The van der Waals surface area contributed by atoms with Gasteiger partial charge in [-0.1, -0.05) is 26.0 Å². The first-order chi connectivity index (χ1) is 12.0. The second kappa shape index (κ2) is 9.65. The van der Waals surface area contributed by atoms with Crippen LogP contribution in [-0.4, -0.2) is 61.0 Å². The van der Waals surface area contributed by atoms with Crippen LogP contribution in [0.5, 0.6) is 0 Å². The number of thioether (sulfide) groups is 1. The second-order valence-electron chi connectivity index (χ2n) is 6.31. The van der Waals surface area contributed by atoms with Crippen molar-refractivity contribution in [1.29, 1.82) is 0 Å². The molecule has 0 saturated carbocycles. The van der Waals surface area contributed by atoms with Crippen LogP contribution < -0.4 is 10.6 Å². The van der Waals surface area contributed by atoms with Gasteiger partial charge in [0.2, 0.25) is 0 Å². The summed E-state index contributed by atoms with van der Waals surface area (Å²) in [6.07, 6.45) is 0. The summed E-state index contributed by atoms with van der Waals surface area (Å²) in [5.74, 6) is 1.67. The fraction of sp³-hybridized carbons (Fsp3) is 0.556. The molecular formula is C18H27FN4OS. The highest BCUT2D eigenvalue weighted by Crippen LogP contribution is 2.24. The molecule has 5 nitrogen and oxygen atoms in total. The number of amides is 1. The molecule has 2 rings (SSSR count). The molecule has 2 N–H and O–H groups in total. The number of nitrogens with zero attached hydrogens (tertiary/aromatic N) is 2. The molecule has 0 aliphatic carbocycles. The highest BCUT2D eigenvalue weighted by molar-refractivity contribution is 8.00. The molecule has 0 radical (unpaired) electrons. The van der Waals surface area contributed by atoms with Crippen LogP contribution >= 0.6 is 11.8 Å². The van der Waals surface area contributed by atoms with Crippen molar-refractivity contribution >= 4 is 23.6 Å². The van der Waals surface area contributed by atoms with Gasteiger partial charge < -0.3 is 15.5 Å². The third-order valence-electron chi connectivity index (χ3n) is 4.16. The molecule has 0 spiro atoms. The molecule has 1 aromatic rings. The van der Waals surface area contributed by atoms with Crippen LogP contribution in [0.2, 0.25) is 0 Å². The zero-order valence-corrected chi connectivity index (χ0v) is 15.9. The van der Waals surface area contributed by atoms with Gasteiger partial charge in [-0.3, -0.25) is 9.79 Å². The van der Waals surface area contributed by atoms with Gasteiger partial charge in [0.05, 0.1) is 5.56 Å². The predicted molar refractivity (Wildman–Crippen MR) is 103 cm³/mol. The van der Waals surface area contributed by atoms with Gasteiger partial charge in [-0.25, -0.2) is 4.39 Å². The van der Waals surface area contributed by atoms with Crippen LogP contribution in [0.15, 0.2) is 29.3 Å². The van der Waals surface area contributed by atoms with Crippen molar-refractivity contribution in [2.24, 2.45) is 10.9 Å². The summed E-state index contributed by atoms with van der Waals surface area (Å²) in [4.78, 5) is 18.6. The molecule has 7 heteroatoms. The average molecular weight is 367 g/mol.